The summed E-state index contributed by atoms with van der Waals surface area (Å²) in [5, 5.41) is 0. The van der Waals surface area contributed by atoms with Crippen molar-refractivity contribution in [2.75, 3.05) is 0 Å². The maximum atomic E-state index is 12.4. The number of nitrogens with zero attached hydrogens (tertiary/aromatic N) is 1. The lowest BCUT2D eigenvalue weighted by atomic mass is 10.1. The van der Waals surface area contributed by atoms with Crippen molar-refractivity contribution in [1.29, 1.82) is 0 Å². The van der Waals surface area contributed by atoms with Crippen LogP contribution in [0, 0.1) is 5.92 Å². The van der Waals surface area contributed by atoms with Gasteiger partial charge in [0.25, 0.3) is 0 Å². The summed E-state index contributed by atoms with van der Waals surface area (Å²) in [4.78, 5) is 4.02. The third-order valence-electron chi connectivity index (χ3n) is 2.98. The highest BCUT2D eigenvalue weighted by Crippen LogP contribution is 2.37. The van der Waals surface area contributed by atoms with Gasteiger partial charge in [-0.15, -0.1) is 0 Å². The van der Waals surface area contributed by atoms with Gasteiger partial charge in [-0.05, 0) is 36.5 Å². The van der Waals surface area contributed by atoms with Crippen LogP contribution in [0.25, 0.3) is 0 Å². The van der Waals surface area contributed by atoms with E-state index in [1.54, 1.807) is 0 Å². The van der Waals surface area contributed by atoms with E-state index in [2.05, 4.69) is 4.99 Å². The molecule has 4 N–H and O–H groups in total. The fraction of sp³-hybridized carbons (Fsp3) is 0.417. The Labute approximate surface area is 103 Å². The van der Waals surface area contributed by atoms with Crippen LogP contribution in [-0.2, 0) is 12.6 Å². The van der Waals surface area contributed by atoms with E-state index in [1.165, 1.54) is 12.1 Å². The van der Waals surface area contributed by atoms with Gasteiger partial charge in [-0.1, -0.05) is 12.1 Å². The van der Waals surface area contributed by atoms with Gasteiger partial charge in [0, 0.05) is 0 Å². The lowest BCUT2D eigenvalue weighted by Gasteiger charge is -2.07. The quantitative estimate of drug-likeness (QED) is 0.641. The Morgan fingerprint density at radius 3 is 2.33 bits per heavy atom. The maximum absolute atomic E-state index is 12.4. The first-order chi connectivity index (χ1) is 8.36. The smallest absolute Gasteiger partial charge is 0.370 e. The summed E-state index contributed by atoms with van der Waals surface area (Å²) in [6, 6.07) is 5.35. The van der Waals surface area contributed by atoms with Crippen LogP contribution >= 0.6 is 0 Å². The summed E-state index contributed by atoms with van der Waals surface area (Å²) >= 11 is 0. The molecule has 0 radical (unpaired) electrons. The molecule has 0 saturated heterocycles. The van der Waals surface area contributed by atoms with Crippen LogP contribution in [-0.4, -0.2) is 12.0 Å². The molecule has 0 bridgehead atoms. The largest absolute Gasteiger partial charge is 0.416 e. The van der Waals surface area contributed by atoms with Crippen LogP contribution in [0.5, 0.6) is 0 Å². The highest BCUT2D eigenvalue weighted by atomic mass is 19.4. The summed E-state index contributed by atoms with van der Waals surface area (Å²) in [6.07, 6.45) is -2.68. The van der Waals surface area contributed by atoms with Crippen molar-refractivity contribution in [2.24, 2.45) is 22.4 Å². The number of nitrogens with two attached hydrogens (primary N) is 2. The number of benzene rings is 1. The lowest BCUT2D eigenvalue weighted by Crippen LogP contribution is -2.23. The zero-order valence-corrected chi connectivity index (χ0v) is 9.61. The molecule has 2 unspecified atom stereocenters. The van der Waals surface area contributed by atoms with Gasteiger partial charge in [0.05, 0.1) is 11.6 Å². The van der Waals surface area contributed by atoms with Crippen LogP contribution in [0.2, 0.25) is 0 Å². The number of guanidine groups is 1. The van der Waals surface area contributed by atoms with Crippen LogP contribution < -0.4 is 11.5 Å². The van der Waals surface area contributed by atoms with E-state index in [0.29, 0.717) is 12.3 Å². The predicted molar refractivity (Wildman–Crippen MR) is 62.9 cm³/mol. The summed E-state index contributed by atoms with van der Waals surface area (Å²) in [6.45, 7) is 0. The molecule has 1 saturated carbocycles. The van der Waals surface area contributed by atoms with Gasteiger partial charge in [0.1, 0.15) is 0 Å². The average Bonchev–Trinajstić information content (AvgIpc) is 2.94. The van der Waals surface area contributed by atoms with Gasteiger partial charge in [-0.2, -0.15) is 13.2 Å². The molecule has 3 nitrogen and oxygen atoms in total. The zero-order valence-electron chi connectivity index (χ0n) is 9.61. The Bertz CT molecular complexity index is 447. The Balaban J connectivity index is 1.95. The minimum Gasteiger partial charge on any atom is -0.370 e. The molecule has 6 heteroatoms. The molecule has 1 fully saturated rings. The molecular formula is C12H14F3N3. The van der Waals surface area contributed by atoms with Crippen molar-refractivity contribution in [3.63, 3.8) is 0 Å². The summed E-state index contributed by atoms with van der Waals surface area (Å²) in [5.41, 5.74) is 10.8. The van der Waals surface area contributed by atoms with Crippen LogP contribution in [0.15, 0.2) is 29.3 Å². The molecule has 1 aromatic carbocycles. The number of alkyl halides is 3. The van der Waals surface area contributed by atoms with E-state index in [-0.39, 0.29) is 12.0 Å². The number of hydrogen-bond donors (Lipinski definition) is 2. The van der Waals surface area contributed by atoms with Gasteiger partial charge >= 0.3 is 6.18 Å². The summed E-state index contributed by atoms with van der Waals surface area (Å²) in [5.74, 6) is 0.402. The molecule has 0 aliphatic heterocycles. The molecule has 0 amide bonds. The number of hydrogen-bond acceptors (Lipinski definition) is 1. The van der Waals surface area contributed by atoms with Crippen molar-refractivity contribution in [1.82, 2.24) is 0 Å². The highest BCUT2D eigenvalue weighted by Gasteiger charge is 2.37. The minimum absolute atomic E-state index is 0.0647. The molecule has 2 atom stereocenters. The molecule has 0 spiro atoms. The lowest BCUT2D eigenvalue weighted by molar-refractivity contribution is -0.137. The molecular weight excluding hydrogens is 243 g/mol. The van der Waals surface area contributed by atoms with Gasteiger partial charge in [-0.25, -0.2) is 4.99 Å². The van der Waals surface area contributed by atoms with Crippen LogP contribution in [0.4, 0.5) is 13.2 Å². The summed E-state index contributed by atoms with van der Waals surface area (Å²) in [7, 11) is 0. The Morgan fingerprint density at radius 1 is 1.22 bits per heavy atom. The maximum Gasteiger partial charge on any atom is 0.416 e. The Kier molecular flexibility index (Phi) is 3.19. The standard InChI is InChI=1S/C12H14F3N3/c13-12(14,15)9-3-1-7(2-4-9)5-8-6-10(8)18-11(16)17/h1-4,8,10H,5-6H2,(H4,16,17,18). The normalized spacial score (nSPS) is 22.6. The SMILES string of the molecule is NC(N)=NC1CC1Cc1ccc(C(F)(F)F)cc1. The number of rotatable bonds is 3. The van der Waals surface area contributed by atoms with Gasteiger partial charge in [0.15, 0.2) is 5.96 Å². The second-order valence-corrected chi connectivity index (χ2v) is 4.52. The summed E-state index contributed by atoms with van der Waals surface area (Å²) < 4.78 is 37.1. The molecule has 1 aliphatic rings. The topological polar surface area (TPSA) is 64.4 Å². The van der Waals surface area contributed by atoms with Crippen LogP contribution in [0.3, 0.4) is 0 Å². The minimum atomic E-state index is -4.28. The fourth-order valence-corrected chi connectivity index (χ4v) is 1.93. The van der Waals surface area contributed by atoms with Crippen molar-refractivity contribution in [3.8, 4) is 0 Å². The predicted octanol–water partition coefficient (Wildman–Crippen LogP) is 1.91. The van der Waals surface area contributed by atoms with E-state index < -0.39 is 11.7 Å². The number of aliphatic imine (C=N–C) groups is 1. The molecule has 0 heterocycles. The third kappa shape index (κ3) is 3.15. The van der Waals surface area contributed by atoms with E-state index in [4.69, 9.17) is 11.5 Å². The third-order valence-corrected chi connectivity index (χ3v) is 2.98. The van der Waals surface area contributed by atoms with Gasteiger partial charge in [0.2, 0.25) is 0 Å². The van der Waals surface area contributed by atoms with Crippen molar-refractivity contribution < 1.29 is 13.2 Å². The first-order valence-corrected chi connectivity index (χ1v) is 5.61. The molecule has 98 valence electrons. The first kappa shape index (κ1) is 12.7. The van der Waals surface area contributed by atoms with E-state index in [9.17, 15) is 13.2 Å². The first-order valence-electron chi connectivity index (χ1n) is 5.61. The van der Waals surface area contributed by atoms with E-state index in [0.717, 1.165) is 24.1 Å². The van der Waals surface area contributed by atoms with Crippen LogP contribution in [0.1, 0.15) is 17.5 Å². The van der Waals surface area contributed by atoms with Crippen molar-refractivity contribution in [2.45, 2.75) is 25.1 Å². The zero-order chi connectivity index (χ0) is 13.3. The monoisotopic (exact) mass is 257 g/mol. The molecule has 18 heavy (non-hydrogen) atoms. The second-order valence-electron chi connectivity index (χ2n) is 4.52. The fourth-order valence-electron chi connectivity index (χ4n) is 1.93. The van der Waals surface area contributed by atoms with Crippen molar-refractivity contribution >= 4 is 5.96 Å². The van der Waals surface area contributed by atoms with Crippen molar-refractivity contribution in [3.05, 3.63) is 35.4 Å². The molecule has 2 rings (SSSR count). The van der Waals surface area contributed by atoms with E-state index in [1.807, 2.05) is 0 Å². The Hall–Kier alpha value is -1.72. The highest BCUT2D eigenvalue weighted by molar-refractivity contribution is 5.76. The molecule has 0 aromatic heterocycles. The van der Waals surface area contributed by atoms with Gasteiger partial charge < -0.3 is 11.5 Å². The van der Waals surface area contributed by atoms with E-state index >= 15 is 0 Å². The number of halogens is 3. The molecule has 1 aliphatic carbocycles. The second kappa shape index (κ2) is 4.51. The Morgan fingerprint density at radius 2 is 1.83 bits per heavy atom. The van der Waals surface area contributed by atoms with Gasteiger partial charge in [-0.3, -0.25) is 0 Å². The average molecular weight is 257 g/mol. The molecule has 1 aromatic rings.